The van der Waals surface area contributed by atoms with Gasteiger partial charge in [0.05, 0.1) is 5.69 Å². The van der Waals surface area contributed by atoms with Crippen molar-refractivity contribution >= 4 is 27.3 Å². The maximum Gasteiger partial charge on any atom is 0.201 e. The number of nitrogen functional groups attached to an aromatic ring is 1. The van der Waals surface area contributed by atoms with Crippen LogP contribution in [0.4, 0.5) is 5.69 Å². The summed E-state index contributed by atoms with van der Waals surface area (Å²) >= 11 is 1.62. The van der Waals surface area contributed by atoms with Gasteiger partial charge in [0.25, 0.3) is 0 Å². The number of hydrogen-bond donors (Lipinski definition) is 1. The molecule has 0 aliphatic carbocycles. The third kappa shape index (κ3) is 1.49. The summed E-state index contributed by atoms with van der Waals surface area (Å²) in [6.45, 7) is 2.07. The van der Waals surface area contributed by atoms with Gasteiger partial charge in [0.1, 0.15) is 16.7 Å². The number of fused-ring (bicyclic) bond motifs is 1. The van der Waals surface area contributed by atoms with Gasteiger partial charge >= 0.3 is 0 Å². The van der Waals surface area contributed by atoms with E-state index in [0.717, 1.165) is 27.3 Å². The van der Waals surface area contributed by atoms with E-state index in [1.807, 2.05) is 0 Å². The molecule has 3 heterocycles. The highest BCUT2D eigenvalue weighted by atomic mass is 32.1. The van der Waals surface area contributed by atoms with E-state index < -0.39 is 0 Å². The third-order valence-electron chi connectivity index (χ3n) is 2.57. The largest absolute Gasteiger partial charge is 0.395 e. The second-order valence-corrected chi connectivity index (χ2v) is 4.71. The van der Waals surface area contributed by atoms with Crippen LogP contribution in [0.3, 0.4) is 0 Å². The number of aromatic nitrogens is 3. The Labute approximate surface area is 101 Å². The Balaban J connectivity index is 2.25. The Morgan fingerprint density at radius 2 is 2.12 bits per heavy atom. The minimum absolute atomic E-state index is 0.672. The van der Waals surface area contributed by atoms with Crippen LogP contribution in [0.5, 0.6) is 0 Å². The van der Waals surface area contributed by atoms with Crippen LogP contribution in [-0.2, 0) is 6.42 Å². The van der Waals surface area contributed by atoms with Crippen molar-refractivity contribution < 1.29 is 4.52 Å². The lowest BCUT2D eigenvalue weighted by atomic mass is 10.2. The van der Waals surface area contributed by atoms with E-state index in [1.54, 1.807) is 23.7 Å². The first kappa shape index (κ1) is 10.2. The van der Waals surface area contributed by atoms with Gasteiger partial charge < -0.3 is 10.3 Å². The van der Waals surface area contributed by atoms with E-state index in [9.17, 15) is 0 Å². The third-order valence-corrected chi connectivity index (χ3v) is 3.91. The van der Waals surface area contributed by atoms with Crippen LogP contribution in [0.2, 0.25) is 0 Å². The summed E-state index contributed by atoms with van der Waals surface area (Å²) in [4.78, 5) is 9.08. The van der Waals surface area contributed by atoms with E-state index in [1.165, 1.54) is 6.33 Å². The Bertz CT molecular complexity index is 659. The summed E-state index contributed by atoms with van der Waals surface area (Å²) in [6.07, 6.45) is 5.81. The van der Waals surface area contributed by atoms with Crippen LogP contribution in [-0.4, -0.2) is 15.1 Å². The SMILES string of the molecule is CCc1sc2c(-c3cncnc3)noc2c1N. The van der Waals surface area contributed by atoms with Crippen LogP contribution < -0.4 is 5.73 Å². The molecule has 0 radical (unpaired) electrons. The standard InChI is InChI=1S/C11H10N4OS/c1-2-7-8(12)10-11(17-7)9(15-16-10)6-3-13-5-14-4-6/h3-5H,2,12H2,1H3. The number of thiophene rings is 1. The summed E-state index contributed by atoms with van der Waals surface area (Å²) in [7, 11) is 0. The van der Waals surface area contributed by atoms with Crippen LogP contribution in [0, 0.1) is 0 Å². The van der Waals surface area contributed by atoms with Crippen LogP contribution >= 0.6 is 11.3 Å². The minimum atomic E-state index is 0.672. The smallest absolute Gasteiger partial charge is 0.201 e. The highest BCUT2D eigenvalue weighted by Gasteiger charge is 2.18. The molecule has 0 aliphatic rings. The summed E-state index contributed by atoms with van der Waals surface area (Å²) in [5.74, 6) is 0. The average molecular weight is 246 g/mol. The molecule has 17 heavy (non-hydrogen) atoms. The van der Waals surface area contributed by atoms with Crippen LogP contribution in [0.15, 0.2) is 23.2 Å². The average Bonchev–Trinajstić information content (AvgIpc) is 2.91. The van der Waals surface area contributed by atoms with Gasteiger partial charge in [-0.05, 0) is 6.42 Å². The lowest BCUT2D eigenvalue weighted by Crippen LogP contribution is -1.85. The number of rotatable bonds is 2. The Hall–Kier alpha value is -1.95. The van der Waals surface area contributed by atoms with Crippen molar-refractivity contribution in [3.05, 3.63) is 23.6 Å². The molecule has 3 aromatic heterocycles. The van der Waals surface area contributed by atoms with E-state index in [0.29, 0.717) is 11.3 Å². The second-order valence-electron chi connectivity index (χ2n) is 3.61. The molecule has 5 nitrogen and oxygen atoms in total. The fourth-order valence-electron chi connectivity index (χ4n) is 1.72. The molecular weight excluding hydrogens is 236 g/mol. The Morgan fingerprint density at radius 1 is 1.35 bits per heavy atom. The van der Waals surface area contributed by atoms with Crippen molar-refractivity contribution in [1.82, 2.24) is 15.1 Å². The van der Waals surface area contributed by atoms with Crippen LogP contribution in [0.25, 0.3) is 21.5 Å². The lowest BCUT2D eigenvalue weighted by molar-refractivity contribution is 0.460. The summed E-state index contributed by atoms with van der Waals surface area (Å²) in [5, 5.41) is 4.04. The predicted molar refractivity (Wildman–Crippen MR) is 66.7 cm³/mol. The summed E-state index contributed by atoms with van der Waals surface area (Å²) in [6, 6.07) is 0. The van der Waals surface area contributed by atoms with E-state index in [4.69, 9.17) is 10.3 Å². The quantitative estimate of drug-likeness (QED) is 0.751. The minimum Gasteiger partial charge on any atom is -0.395 e. The molecule has 3 rings (SSSR count). The molecule has 3 aromatic rings. The molecule has 0 fully saturated rings. The maximum atomic E-state index is 5.99. The van der Waals surface area contributed by atoms with Gasteiger partial charge in [-0.2, -0.15) is 0 Å². The predicted octanol–water partition coefficient (Wildman–Crippen LogP) is 2.49. The molecule has 86 valence electrons. The van der Waals surface area contributed by atoms with E-state index in [2.05, 4.69) is 22.0 Å². The van der Waals surface area contributed by atoms with Crippen molar-refractivity contribution in [3.8, 4) is 11.3 Å². The number of nitrogens with two attached hydrogens (primary N) is 1. The van der Waals surface area contributed by atoms with Gasteiger partial charge in [-0.25, -0.2) is 9.97 Å². The summed E-state index contributed by atoms with van der Waals surface area (Å²) in [5.41, 5.74) is 8.96. The highest BCUT2D eigenvalue weighted by Crippen LogP contribution is 2.39. The Kier molecular flexibility index (Phi) is 2.29. The molecule has 0 aromatic carbocycles. The number of aryl methyl sites for hydroxylation is 1. The van der Waals surface area contributed by atoms with Gasteiger partial charge in [-0.3, -0.25) is 0 Å². The first-order valence-corrected chi connectivity index (χ1v) is 6.04. The molecule has 6 heteroatoms. The fourth-order valence-corrected chi connectivity index (χ4v) is 2.81. The van der Waals surface area contributed by atoms with Gasteiger partial charge in [-0.15, -0.1) is 11.3 Å². The molecule has 0 unspecified atom stereocenters. The van der Waals surface area contributed by atoms with E-state index >= 15 is 0 Å². The molecule has 0 amide bonds. The number of hydrogen-bond acceptors (Lipinski definition) is 6. The molecule has 0 atom stereocenters. The van der Waals surface area contributed by atoms with Crippen molar-refractivity contribution in [3.63, 3.8) is 0 Å². The fraction of sp³-hybridized carbons (Fsp3) is 0.182. The zero-order valence-corrected chi connectivity index (χ0v) is 9.99. The zero-order valence-electron chi connectivity index (χ0n) is 9.17. The zero-order chi connectivity index (χ0) is 11.8. The first-order valence-electron chi connectivity index (χ1n) is 5.23. The number of anilines is 1. The van der Waals surface area contributed by atoms with Crippen molar-refractivity contribution in [2.24, 2.45) is 0 Å². The normalized spacial score (nSPS) is 11.1. The molecule has 0 spiro atoms. The molecule has 0 aliphatic heterocycles. The van der Waals surface area contributed by atoms with Gasteiger partial charge in [0.2, 0.25) is 5.58 Å². The molecule has 2 N–H and O–H groups in total. The monoisotopic (exact) mass is 246 g/mol. The van der Waals surface area contributed by atoms with E-state index in [-0.39, 0.29) is 0 Å². The Morgan fingerprint density at radius 3 is 2.82 bits per heavy atom. The van der Waals surface area contributed by atoms with Crippen molar-refractivity contribution in [2.75, 3.05) is 5.73 Å². The molecular formula is C11H10N4OS. The van der Waals surface area contributed by atoms with Crippen molar-refractivity contribution in [1.29, 1.82) is 0 Å². The lowest BCUT2D eigenvalue weighted by Gasteiger charge is -1.92. The second kappa shape index (κ2) is 3.81. The van der Waals surface area contributed by atoms with Gasteiger partial charge in [0.15, 0.2) is 0 Å². The first-order chi connectivity index (χ1) is 8.31. The molecule has 0 bridgehead atoms. The topological polar surface area (TPSA) is 77.8 Å². The molecule has 0 saturated carbocycles. The maximum absolute atomic E-state index is 5.99. The number of nitrogens with zero attached hydrogens (tertiary/aromatic N) is 3. The van der Waals surface area contributed by atoms with Crippen LogP contribution in [0.1, 0.15) is 11.8 Å². The summed E-state index contributed by atoms with van der Waals surface area (Å²) < 4.78 is 6.26. The van der Waals surface area contributed by atoms with Gasteiger partial charge in [-0.1, -0.05) is 12.1 Å². The molecule has 0 saturated heterocycles. The highest BCUT2D eigenvalue weighted by molar-refractivity contribution is 7.20. The van der Waals surface area contributed by atoms with Gasteiger partial charge in [0, 0.05) is 22.8 Å². The van der Waals surface area contributed by atoms with Crippen molar-refractivity contribution in [2.45, 2.75) is 13.3 Å².